The van der Waals surface area contributed by atoms with Crippen LogP contribution in [0.4, 0.5) is 0 Å². The van der Waals surface area contributed by atoms with Crippen LogP contribution in [0, 0.1) is 0 Å². The van der Waals surface area contributed by atoms with Crippen LogP contribution in [-0.4, -0.2) is 12.2 Å². The van der Waals surface area contributed by atoms with Gasteiger partial charge >= 0.3 is 0 Å². The summed E-state index contributed by atoms with van der Waals surface area (Å²) in [4.78, 5) is 0. The molecule has 5 heteroatoms. The molecule has 0 aliphatic carbocycles. The van der Waals surface area contributed by atoms with Gasteiger partial charge in [0.15, 0.2) is 5.72 Å². The van der Waals surface area contributed by atoms with Crippen LogP contribution in [0.15, 0.2) is 70.9 Å². The van der Waals surface area contributed by atoms with Crippen molar-refractivity contribution in [2.75, 3.05) is 7.11 Å². The van der Waals surface area contributed by atoms with Crippen molar-refractivity contribution in [3.05, 3.63) is 71.8 Å². The zero-order valence-corrected chi connectivity index (χ0v) is 12.4. The zero-order chi connectivity index (χ0) is 14.7. The molecule has 0 fully saturated rings. The summed E-state index contributed by atoms with van der Waals surface area (Å²) in [5, 5.41) is 11.9. The standard InChI is InChI=1S/C16H15N3OS/c1-20-16(13-10-6-3-7-11-13)14(18-19-15(21)17-16)12-8-4-2-5-9-12/h2-11,14H,1H3,(H,17,21). The van der Waals surface area contributed by atoms with Crippen LogP contribution < -0.4 is 5.32 Å². The van der Waals surface area contributed by atoms with Crippen molar-refractivity contribution < 1.29 is 4.74 Å². The highest BCUT2D eigenvalue weighted by atomic mass is 32.1. The monoisotopic (exact) mass is 297 g/mol. The Labute approximate surface area is 128 Å². The topological polar surface area (TPSA) is 46.0 Å². The summed E-state index contributed by atoms with van der Waals surface area (Å²) in [5.41, 5.74) is 1.13. The smallest absolute Gasteiger partial charge is 0.216 e. The molecule has 106 valence electrons. The van der Waals surface area contributed by atoms with Crippen molar-refractivity contribution in [1.29, 1.82) is 0 Å². The molecule has 21 heavy (non-hydrogen) atoms. The van der Waals surface area contributed by atoms with Gasteiger partial charge in [0.1, 0.15) is 6.04 Å². The summed E-state index contributed by atoms with van der Waals surface area (Å²) >= 11 is 5.17. The molecule has 1 aliphatic rings. The number of rotatable bonds is 3. The Balaban J connectivity index is 2.15. The maximum Gasteiger partial charge on any atom is 0.216 e. The predicted molar refractivity (Wildman–Crippen MR) is 84.9 cm³/mol. The molecule has 0 amide bonds. The first-order chi connectivity index (χ1) is 10.3. The Kier molecular flexibility index (Phi) is 3.77. The van der Waals surface area contributed by atoms with Crippen LogP contribution in [0.1, 0.15) is 17.2 Å². The zero-order valence-electron chi connectivity index (χ0n) is 11.6. The maximum atomic E-state index is 5.85. The van der Waals surface area contributed by atoms with Gasteiger partial charge < -0.3 is 10.1 Å². The van der Waals surface area contributed by atoms with E-state index in [0.29, 0.717) is 5.11 Å². The van der Waals surface area contributed by atoms with Gasteiger partial charge in [0, 0.05) is 12.7 Å². The van der Waals surface area contributed by atoms with E-state index in [1.165, 1.54) is 0 Å². The minimum Gasteiger partial charge on any atom is -0.352 e. The fourth-order valence-corrected chi connectivity index (χ4v) is 2.78. The lowest BCUT2D eigenvalue weighted by Gasteiger charge is -2.40. The van der Waals surface area contributed by atoms with Crippen LogP contribution in [0.3, 0.4) is 0 Å². The fraction of sp³-hybridized carbons (Fsp3) is 0.188. The molecule has 1 heterocycles. The molecule has 3 rings (SSSR count). The molecule has 1 N–H and O–H groups in total. The predicted octanol–water partition coefficient (Wildman–Crippen LogP) is 3.57. The van der Waals surface area contributed by atoms with Gasteiger partial charge in [-0.25, -0.2) is 0 Å². The Bertz CT molecular complexity index is 660. The van der Waals surface area contributed by atoms with Crippen molar-refractivity contribution in [3.63, 3.8) is 0 Å². The second-order valence-corrected chi connectivity index (χ2v) is 5.15. The third-order valence-electron chi connectivity index (χ3n) is 3.58. The number of thiocarbonyl (C=S) groups is 1. The van der Waals surface area contributed by atoms with Crippen molar-refractivity contribution in [3.8, 4) is 0 Å². The van der Waals surface area contributed by atoms with E-state index in [1.54, 1.807) is 7.11 Å². The van der Waals surface area contributed by atoms with Crippen LogP contribution in [0.5, 0.6) is 0 Å². The van der Waals surface area contributed by atoms with Gasteiger partial charge in [0.05, 0.1) is 0 Å². The lowest BCUT2D eigenvalue weighted by atomic mass is 9.89. The average Bonchev–Trinajstić information content (AvgIpc) is 2.56. The van der Waals surface area contributed by atoms with Gasteiger partial charge in [0.25, 0.3) is 0 Å². The number of benzene rings is 2. The highest BCUT2D eigenvalue weighted by Gasteiger charge is 2.45. The van der Waals surface area contributed by atoms with E-state index in [-0.39, 0.29) is 6.04 Å². The highest BCUT2D eigenvalue weighted by molar-refractivity contribution is 7.80. The van der Waals surface area contributed by atoms with Crippen molar-refractivity contribution in [2.24, 2.45) is 10.2 Å². The van der Waals surface area contributed by atoms with E-state index in [2.05, 4.69) is 15.5 Å². The Morgan fingerprint density at radius 3 is 2.29 bits per heavy atom. The van der Waals surface area contributed by atoms with Crippen molar-refractivity contribution in [1.82, 2.24) is 5.32 Å². The van der Waals surface area contributed by atoms with Gasteiger partial charge in [-0.1, -0.05) is 60.7 Å². The first kappa shape index (κ1) is 13.9. The van der Waals surface area contributed by atoms with Crippen molar-refractivity contribution >= 4 is 17.3 Å². The molecular weight excluding hydrogens is 282 g/mol. The van der Waals surface area contributed by atoms with Crippen LogP contribution >= 0.6 is 12.2 Å². The first-order valence-electron chi connectivity index (χ1n) is 6.65. The number of azo groups is 1. The normalized spacial score (nSPS) is 24.6. The maximum absolute atomic E-state index is 5.85. The minimum absolute atomic E-state index is 0.308. The molecule has 0 spiro atoms. The molecule has 4 nitrogen and oxygen atoms in total. The van der Waals surface area contributed by atoms with E-state index in [1.807, 2.05) is 60.7 Å². The summed E-state index contributed by atoms with van der Waals surface area (Å²) in [6.45, 7) is 0. The third kappa shape index (κ3) is 2.46. The van der Waals surface area contributed by atoms with E-state index < -0.39 is 5.72 Å². The molecule has 0 saturated heterocycles. The number of hydrogen-bond donors (Lipinski definition) is 1. The Hall–Kier alpha value is -2.11. The van der Waals surface area contributed by atoms with E-state index >= 15 is 0 Å². The molecule has 2 unspecified atom stereocenters. The molecule has 1 aliphatic heterocycles. The molecule has 2 aromatic rings. The van der Waals surface area contributed by atoms with Gasteiger partial charge in [0.2, 0.25) is 5.11 Å². The first-order valence-corrected chi connectivity index (χ1v) is 7.06. The molecule has 0 saturated carbocycles. The third-order valence-corrected chi connectivity index (χ3v) is 3.77. The second-order valence-electron chi connectivity index (χ2n) is 4.76. The van der Waals surface area contributed by atoms with E-state index in [9.17, 15) is 0 Å². The Morgan fingerprint density at radius 2 is 1.67 bits per heavy atom. The second kappa shape index (κ2) is 5.71. The minimum atomic E-state index is -0.846. The summed E-state index contributed by atoms with van der Waals surface area (Å²) in [6.07, 6.45) is 0. The number of methoxy groups -OCH3 is 1. The van der Waals surface area contributed by atoms with Crippen LogP contribution in [0.25, 0.3) is 0 Å². The van der Waals surface area contributed by atoms with Crippen LogP contribution in [-0.2, 0) is 10.5 Å². The van der Waals surface area contributed by atoms with Crippen LogP contribution in [0.2, 0.25) is 0 Å². The SMILES string of the molecule is COC1(c2ccccc2)NC(=S)N=NC1c1ccccc1. The molecule has 2 aromatic carbocycles. The average molecular weight is 297 g/mol. The van der Waals surface area contributed by atoms with Gasteiger partial charge in [-0.3, -0.25) is 0 Å². The summed E-state index contributed by atoms with van der Waals surface area (Å²) in [5.74, 6) is 0. The molecule has 0 aromatic heterocycles. The fourth-order valence-electron chi connectivity index (χ4n) is 2.58. The van der Waals surface area contributed by atoms with Gasteiger partial charge in [-0.05, 0) is 17.8 Å². The van der Waals surface area contributed by atoms with Gasteiger partial charge in [-0.15, -0.1) is 5.11 Å². The number of ether oxygens (including phenoxy) is 1. The lowest BCUT2D eigenvalue weighted by Crippen LogP contribution is -2.52. The molecule has 0 bridgehead atoms. The molecule has 0 radical (unpaired) electrons. The summed E-state index contributed by atoms with van der Waals surface area (Å²) in [6, 6.07) is 19.5. The number of nitrogens with zero attached hydrogens (tertiary/aromatic N) is 2. The quantitative estimate of drug-likeness (QED) is 0.881. The lowest BCUT2D eigenvalue weighted by molar-refractivity contribution is -0.0560. The highest BCUT2D eigenvalue weighted by Crippen LogP contribution is 2.41. The summed E-state index contributed by atoms with van der Waals surface area (Å²) in [7, 11) is 1.65. The number of nitrogens with one attached hydrogen (secondary N) is 1. The molecule has 2 atom stereocenters. The Morgan fingerprint density at radius 1 is 1.05 bits per heavy atom. The van der Waals surface area contributed by atoms with E-state index in [0.717, 1.165) is 11.1 Å². The largest absolute Gasteiger partial charge is 0.352 e. The van der Waals surface area contributed by atoms with Gasteiger partial charge in [-0.2, -0.15) is 5.11 Å². The van der Waals surface area contributed by atoms with E-state index in [4.69, 9.17) is 17.0 Å². The summed E-state index contributed by atoms with van der Waals surface area (Å²) < 4.78 is 5.85. The molecular formula is C16H15N3OS. The van der Waals surface area contributed by atoms with Crippen molar-refractivity contribution in [2.45, 2.75) is 11.8 Å². The number of hydrogen-bond acceptors (Lipinski definition) is 3.